The van der Waals surface area contributed by atoms with Crippen LogP contribution in [0.25, 0.3) is 10.8 Å². The molecule has 2 aromatic rings. The average molecular weight is 342 g/mol. The number of benzene rings is 2. The van der Waals surface area contributed by atoms with Gasteiger partial charge in [0, 0.05) is 12.5 Å². The van der Waals surface area contributed by atoms with Crippen LogP contribution in [0.5, 0.6) is 5.75 Å². The Hall–Kier alpha value is -3.15. The van der Waals surface area contributed by atoms with Crippen LogP contribution in [-0.4, -0.2) is 31.1 Å². The van der Waals surface area contributed by atoms with E-state index in [1.165, 1.54) is 13.8 Å². The average Bonchev–Trinajstić information content (AvgIpc) is 2.57. The van der Waals surface area contributed by atoms with E-state index >= 15 is 0 Å². The van der Waals surface area contributed by atoms with Crippen LogP contribution in [0.15, 0.2) is 48.6 Å². The largest absolute Gasteiger partial charge is 0.459 e. The van der Waals surface area contributed by atoms with E-state index in [4.69, 9.17) is 14.2 Å². The number of hydrogen-bond acceptors (Lipinski definition) is 6. The molecule has 0 spiro atoms. The molecule has 0 amide bonds. The molecule has 25 heavy (non-hydrogen) atoms. The molecule has 0 saturated heterocycles. The molecule has 0 fully saturated rings. The summed E-state index contributed by atoms with van der Waals surface area (Å²) in [7, 11) is 0. The van der Waals surface area contributed by atoms with E-state index in [0.29, 0.717) is 11.3 Å². The second kappa shape index (κ2) is 8.10. The molecule has 0 heterocycles. The first-order valence-electron chi connectivity index (χ1n) is 7.59. The van der Waals surface area contributed by atoms with Gasteiger partial charge >= 0.3 is 17.9 Å². The Labute approximate surface area is 145 Å². The van der Waals surface area contributed by atoms with Crippen LogP contribution in [0.4, 0.5) is 0 Å². The highest BCUT2D eigenvalue weighted by molar-refractivity contribution is 5.96. The van der Waals surface area contributed by atoms with Gasteiger partial charge in [-0.05, 0) is 42.0 Å². The predicted octanol–water partition coefficient (Wildman–Crippen LogP) is 3.04. The van der Waals surface area contributed by atoms with Crippen LogP contribution < -0.4 is 4.74 Å². The minimum absolute atomic E-state index is 0.0310. The van der Waals surface area contributed by atoms with Gasteiger partial charge in [0.25, 0.3) is 0 Å². The van der Waals surface area contributed by atoms with Crippen LogP contribution >= 0.6 is 0 Å². The number of esters is 3. The molecule has 2 rings (SSSR count). The van der Waals surface area contributed by atoms with Crippen molar-refractivity contribution in [1.82, 2.24) is 0 Å². The van der Waals surface area contributed by atoms with Crippen LogP contribution in [0.2, 0.25) is 0 Å². The van der Waals surface area contributed by atoms with Gasteiger partial charge in [-0.3, -0.25) is 4.79 Å². The summed E-state index contributed by atoms with van der Waals surface area (Å²) < 4.78 is 14.9. The van der Waals surface area contributed by atoms with E-state index in [1.807, 2.05) is 0 Å². The third-order valence-electron chi connectivity index (χ3n) is 3.21. The van der Waals surface area contributed by atoms with Crippen molar-refractivity contribution in [2.45, 2.75) is 13.8 Å². The second-order valence-corrected chi connectivity index (χ2v) is 5.37. The molecular formula is C19H18O6. The Bertz CT molecular complexity index is 837. The van der Waals surface area contributed by atoms with Crippen molar-refractivity contribution in [3.05, 3.63) is 54.1 Å². The molecule has 130 valence electrons. The Kier molecular flexibility index (Phi) is 5.89. The SMILES string of the molecule is C=C(C)C(=O)OCCOC(=O)c1ccc2cc(OC(C)=O)ccc2c1. The zero-order valence-electron chi connectivity index (χ0n) is 14.0. The topological polar surface area (TPSA) is 78.9 Å². The Balaban J connectivity index is 1.98. The number of carbonyl (C=O) groups excluding carboxylic acids is 3. The van der Waals surface area contributed by atoms with Gasteiger partial charge in [0.05, 0.1) is 5.56 Å². The smallest absolute Gasteiger partial charge is 0.338 e. The summed E-state index contributed by atoms with van der Waals surface area (Å²) in [5, 5.41) is 1.63. The van der Waals surface area contributed by atoms with Gasteiger partial charge in [0.15, 0.2) is 0 Å². The van der Waals surface area contributed by atoms with Gasteiger partial charge < -0.3 is 14.2 Å². The van der Waals surface area contributed by atoms with Gasteiger partial charge in [-0.25, -0.2) is 9.59 Å². The summed E-state index contributed by atoms with van der Waals surface area (Å²) in [5.41, 5.74) is 0.660. The molecule has 0 aliphatic rings. The lowest BCUT2D eigenvalue weighted by Crippen LogP contribution is -2.14. The lowest BCUT2D eigenvalue weighted by molar-refractivity contribution is -0.140. The first kappa shape index (κ1) is 18.2. The molecule has 0 saturated carbocycles. The van der Waals surface area contributed by atoms with Crippen molar-refractivity contribution in [2.75, 3.05) is 13.2 Å². The summed E-state index contributed by atoms with van der Waals surface area (Å²) in [5.74, 6) is -0.996. The van der Waals surface area contributed by atoms with Crippen molar-refractivity contribution in [1.29, 1.82) is 0 Å². The summed E-state index contributed by atoms with van der Waals surface area (Å²) in [4.78, 5) is 34.2. The highest BCUT2D eigenvalue weighted by Crippen LogP contribution is 2.22. The summed E-state index contributed by atoms with van der Waals surface area (Å²) in [6.07, 6.45) is 0. The molecule has 0 aromatic heterocycles. The molecular weight excluding hydrogens is 324 g/mol. The molecule has 0 aliphatic carbocycles. The van der Waals surface area contributed by atoms with Gasteiger partial charge in [0.2, 0.25) is 0 Å². The van der Waals surface area contributed by atoms with E-state index in [0.717, 1.165) is 10.8 Å². The normalized spacial score (nSPS) is 10.2. The number of fused-ring (bicyclic) bond motifs is 1. The molecule has 6 heteroatoms. The summed E-state index contributed by atoms with van der Waals surface area (Å²) in [6.45, 7) is 6.25. The van der Waals surface area contributed by atoms with Crippen LogP contribution in [0, 0.1) is 0 Å². The first-order chi connectivity index (χ1) is 11.9. The zero-order valence-corrected chi connectivity index (χ0v) is 14.0. The molecule has 0 unspecified atom stereocenters. The van der Waals surface area contributed by atoms with Crippen molar-refractivity contribution in [3.8, 4) is 5.75 Å². The van der Waals surface area contributed by atoms with E-state index < -0.39 is 17.9 Å². The maximum Gasteiger partial charge on any atom is 0.338 e. The quantitative estimate of drug-likeness (QED) is 0.347. The van der Waals surface area contributed by atoms with Crippen molar-refractivity contribution in [2.24, 2.45) is 0 Å². The second-order valence-electron chi connectivity index (χ2n) is 5.37. The minimum Gasteiger partial charge on any atom is -0.459 e. The maximum absolute atomic E-state index is 12.0. The number of carbonyl (C=O) groups is 3. The lowest BCUT2D eigenvalue weighted by atomic mass is 10.1. The third-order valence-corrected chi connectivity index (χ3v) is 3.21. The Morgan fingerprint density at radius 1 is 0.920 bits per heavy atom. The molecule has 0 radical (unpaired) electrons. The Morgan fingerprint density at radius 2 is 1.56 bits per heavy atom. The van der Waals surface area contributed by atoms with Gasteiger partial charge in [0.1, 0.15) is 19.0 Å². The molecule has 6 nitrogen and oxygen atoms in total. The van der Waals surface area contributed by atoms with Gasteiger partial charge in [-0.2, -0.15) is 0 Å². The maximum atomic E-state index is 12.0. The molecule has 2 aromatic carbocycles. The van der Waals surface area contributed by atoms with Crippen molar-refractivity contribution < 1.29 is 28.6 Å². The summed E-state index contributed by atoms with van der Waals surface area (Å²) >= 11 is 0. The van der Waals surface area contributed by atoms with Gasteiger partial charge in [-0.15, -0.1) is 0 Å². The Morgan fingerprint density at radius 3 is 2.24 bits per heavy atom. The third kappa shape index (κ3) is 5.17. The van der Waals surface area contributed by atoms with E-state index in [-0.39, 0.29) is 18.8 Å². The zero-order chi connectivity index (χ0) is 18.4. The fourth-order valence-electron chi connectivity index (χ4n) is 2.06. The standard InChI is InChI=1S/C19H18O6/c1-12(2)18(21)23-8-9-24-19(22)16-5-4-15-11-17(25-13(3)20)7-6-14(15)10-16/h4-7,10-11H,1,8-9H2,2-3H3. The highest BCUT2D eigenvalue weighted by atomic mass is 16.6. The molecule has 0 aliphatic heterocycles. The van der Waals surface area contributed by atoms with Crippen LogP contribution in [-0.2, 0) is 19.1 Å². The van der Waals surface area contributed by atoms with E-state index in [1.54, 1.807) is 36.4 Å². The van der Waals surface area contributed by atoms with Gasteiger partial charge in [-0.1, -0.05) is 18.7 Å². The molecule has 0 atom stereocenters. The number of ether oxygens (including phenoxy) is 3. The fourth-order valence-corrected chi connectivity index (χ4v) is 2.06. The summed E-state index contributed by atoms with van der Waals surface area (Å²) in [6, 6.07) is 10.1. The van der Waals surface area contributed by atoms with E-state index in [2.05, 4.69) is 6.58 Å². The first-order valence-corrected chi connectivity index (χ1v) is 7.59. The fraction of sp³-hybridized carbons (Fsp3) is 0.211. The molecule has 0 N–H and O–H groups in total. The highest BCUT2D eigenvalue weighted by Gasteiger charge is 2.10. The van der Waals surface area contributed by atoms with Crippen molar-refractivity contribution >= 4 is 28.7 Å². The lowest BCUT2D eigenvalue weighted by Gasteiger charge is -2.08. The number of hydrogen-bond donors (Lipinski definition) is 0. The van der Waals surface area contributed by atoms with Crippen LogP contribution in [0.3, 0.4) is 0 Å². The van der Waals surface area contributed by atoms with Crippen LogP contribution in [0.1, 0.15) is 24.2 Å². The minimum atomic E-state index is -0.523. The monoisotopic (exact) mass is 342 g/mol. The van der Waals surface area contributed by atoms with E-state index in [9.17, 15) is 14.4 Å². The number of rotatable bonds is 6. The van der Waals surface area contributed by atoms with Crippen molar-refractivity contribution in [3.63, 3.8) is 0 Å². The predicted molar refractivity (Wildman–Crippen MR) is 91.3 cm³/mol. The molecule has 0 bridgehead atoms.